The molecule has 266 valence electrons. The van der Waals surface area contributed by atoms with Crippen molar-refractivity contribution in [3.8, 4) is 39.1 Å². The zero-order chi connectivity index (χ0) is 37.3. The average molecular weight is 717 g/mol. The lowest BCUT2D eigenvalue weighted by atomic mass is 9.92. The number of aromatic nitrogens is 1. The first-order valence-electron chi connectivity index (χ1n) is 19.5. The predicted octanol–water partition coefficient (Wildman–Crippen LogP) is 14.9. The second-order valence-electron chi connectivity index (χ2n) is 14.5. The molecular weight excluding hydrogens is 677 g/mol. The normalized spacial score (nSPS) is 13.7. The van der Waals surface area contributed by atoms with E-state index in [0.717, 1.165) is 23.5 Å². The summed E-state index contributed by atoms with van der Waals surface area (Å²) >= 11 is 0. The van der Waals surface area contributed by atoms with Crippen molar-refractivity contribution in [2.75, 3.05) is 4.90 Å². The molecule has 1 heterocycles. The van der Waals surface area contributed by atoms with E-state index in [-0.39, 0.29) is 0 Å². The van der Waals surface area contributed by atoms with Crippen LogP contribution in [0.2, 0.25) is 0 Å². The molecule has 1 aromatic heterocycles. The van der Waals surface area contributed by atoms with Crippen molar-refractivity contribution in [1.29, 1.82) is 0 Å². The van der Waals surface area contributed by atoms with Crippen LogP contribution in [0.15, 0.2) is 224 Å². The van der Waals surface area contributed by atoms with Crippen LogP contribution in [0.5, 0.6) is 0 Å². The van der Waals surface area contributed by atoms with Crippen molar-refractivity contribution in [2.45, 2.75) is 12.3 Å². The Bertz CT molecular complexity index is 2830. The van der Waals surface area contributed by atoms with Gasteiger partial charge in [0.05, 0.1) is 11.0 Å². The molecule has 0 saturated carbocycles. The molecule has 8 aromatic carbocycles. The molecule has 0 saturated heterocycles. The monoisotopic (exact) mass is 716 g/mol. The van der Waals surface area contributed by atoms with Gasteiger partial charge in [0.1, 0.15) is 0 Å². The lowest BCUT2D eigenvalue weighted by molar-refractivity contribution is 0.854. The summed E-state index contributed by atoms with van der Waals surface area (Å²) in [4.78, 5) is 2.35. The van der Waals surface area contributed by atoms with E-state index in [0.29, 0.717) is 5.92 Å². The molecule has 0 amide bonds. The molecule has 0 radical (unpaired) electrons. The van der Waals surface area contributed by atoms with Gasteiger partial charge in [0.2, 0.25) is 0 Å². The van der Waals surface area contributed by atoms with Gasteiger partial charge in [-0.05, 0) is 112 Å². The number of allylic oxidation sites excluding steroid dienone is 4. The molecule has 0 bridgehead atoms. The van der Waals surface area contributed by atoms with Gasteiger partial charge in [-0.1, -0.05) is 158 Å². The second-order valence-corrected chi connectivity index (χ2v) is 14.5. The summed E-state index contributed by atoms with van der Waals surface area (Å²) in [7, 11) is 0. The van der Waals surface area contributed by atoms with Gasteiger partial charge in [0.15, 0.2) is 0 Å². The third-order valence-electron chi connectivity index (χ3n) is 11.2. The van der Waals surface area contributed by atoms with E-state index in [1.54, 1.807) is 0 Å². The SMILES string of the molecule is C1=CCC(c2ccc(N(c3ccc(-c4ccccc4)cc3)c3ccc(-c4ccc(-c5ccc6c(c5)c5ccccc5n6-c5ccccc5)cc4)cc3)cc2)C=C1. The van der Waals surface area contributed by atoms with Gasteiger partial charge >= 0.3 is 0 Å². The Kier molecular flexibility index (Phi) is 8.70. The van der Waals surface area contributed by atoms with Crippen LogP contribution in [0, 0.1) is 0 Å². The molecule has 0 N–H and O–H groups in total. The topological polar surface area (TPSA) is 8.17 Å². The molecule has 1 atom stereocenters. The largest absolute Gasteiger partial charge is 0.311 e. The van der Waals surface area contributed by atoms with Crippen LogP contribution >= 0.6 is 0 Å². The number of nitrogens with zero attached hydrogens (tertiary/aromatic N) is 2. The molecular formula is C54H40N2. The number of anilines is 3. The Labute approximate surface area is 328 Å². The predicted molar refractivity (Wildman–Crippen MR) is 237 cm³/mol. The maximum Gasteiger partial charge on any atom is 0.0541 e. The maximum absolute atomic E-state index is 2.37. The zero-order valence-electron chi connectivity index (χ0n) is 31.0. The maximum atomic E-state index is 2.37. The van der Waals surface area contributed by atoms with Gasteiger partial charge in [0.25, 0.3) is 0 Å². The summed E-state index contributed by atoms with van der Waals surface area (Å²) in [6.07, 6.45) is 9.88. The van der Waals surface area contributed by atoms with Crippen molar-refractivity contribution >= 4 is 38.9 Å². The molecule has 1 unspecified atom stereocenters. The Balaban J connectivity index is 0.952. The lowest BCUT2D eigenvalue weighted by Gasteiger charge is -2.26. The van der Waals surface area contributed by atoms with E-state index in [1.807, 2.05) is 0 Å². The summed E-state index contributed by atoms with van der Waals surface area (Å²) < 4.78 is 2.37. The van der Waals surface area contributed by atoms with Gasteiger partial charge in [-0.15, -0.1) is 0 Å². The van der Waals surface area contributed by atoms with E-state index in [9.17, 15) is 0 Å². The molecule has 1 aliphatic carbocycles. The summed E-state index contributed by atoms with van der Waals surface area (Å²) in [5.41, 5.74) is 15.6. The summed E-state index contributed by atoms with van der Waals surface area (Å²) in [5, 5.41) is 2.53. The van der Waals surface area contributed by atoms with Crippen LogP contribution < -0.4 is 4.90 Å². The van der Waals surface area contributed by atoms with Crippen LogP contribution in [0.1, 0.15) is 17.9 Å². The van der Waals surface area contributed by atoms with Gasteiger partial charge in [0, 0.05) is 39.4 Å². The first-order chi connectivity index (χ1) is 27.8. The highest BCUT2D eigenvalue weighted by molar-refractivity contribution is 6.10. The van der Waals surface area contributed by atoms with E-state index in [1.165, 1.54) is 66.4 Å². The van der Waals surface area contributed by atoms with Crippen molar-refractivity contribution in [3.63, 3.8) is 0 Å². The highest BCUT2D eigenvalue weighted by Gasteiger charge is 2.16. The van der Waals surface area contributed by atoms with Crippen LogP contribution in [0.4, 0.5) is 17.1 Å². The quantitative estimate of drug-likeness (QED) is 0.152. The molecule has 56 heavy (non-hydrogen) atoms. The third kappa shape index (κ3) is 6.32. The first-order valence-corrected chi connectivity index (χ1v) is 19.5. The standard InChI is InChI=1S/C54H40N2/c1-4-12-39(13-5-1)42-24-31-48(32-25-42)55(49-33-26-43(27-34-49)40-14-6-2-7-15-40)50-35-28-44(29-36-50)41-20-22-45(23-21-41)46-30-37-54-52(38-46)51-18-10-11-19-53(51)56(54)47-16-8-3-9-17-47/h1-14,16-38,40H,15H2. The molecule has 10 rings (SSSR count). The summed E-state index contributed by atoms with van der Waals surface area (Å²) in [5.74, 6) is 0.419. The van der Waals surface area contributed by atoms with E-state index < -0.39 is 0 Å². The lowest BCUT2D eigenvalue weighted by Crippen LogP contribution is -2.10. The van der Waals surface area contributed by atoms with Crippen LogP contribution in [0.25, 0.3) is 60.9 Å². The van der Waals surface area contributed by atoms with Crippen molar-refractivity contribution in [3.05, 3.63) is 230 Å². The minimum atomic E-state index is 0.419. The van der Waals surface area contributed by atoms with Gasteiger partial charge < -0.3 is 9.47 Å². The number of rotatable bonds is 8. The summed E-state index contributed by atoms with van der Waals surface area (Å²) in [6.45, 7) is 0. The molecule has 1 aliphatic rings. The molecule has 2 heteroatoms. The number of benzene rings is 8. The van der Waals surface area contributed by atoms with Crippen LogP contribution in [-0.4, -0.2) is 4.57 Å². The van der Waals surface area contributed by atoms with Gasteiger partial charge in [-0.25, -0.2) is 0 Å². The molecule has 0 spiro atoms. The third-order valence-corrected chi connectivity index (χ3v) is 11.2. The zero-order valence-corrected chi connectivity index (χ0v) is 31.0. The highest BCUT2D eigenvalue weighted by atomic mass is 15.1. The van der Waals surface area contributed by atoms with Gasteiger partial charge in [-0.3, -0.25) is 0 Å². The molecule has 9 aromatic rings. The average Bonchev–Trinajstić information content (AvgIpc) is 3.62. The van der Waals surface area contributed by atoms with Crippen molar-refractivity contribution < 1.29 is 0 Å². The number of hydrogen-bond donors (Lipinski definition) is 0. The molecule has 0 fully saturated rings. The fraction of sp³-hybridized carbons (Fsp3) is 0.0370. The van der Waals surface area contributed by atoms with Crippen molar-refractivity contribution in [2.24, 2.45) is 0 Å². The second kappa shape index (κ2) is 14.6. The van der Waals surface area contributed by atoms with Gasteiger partial charge in [-0.2, -0.15) is 0 Å². The highest BCUT2D eigenvalue weighted by Crippen LogP contribution is 2.39. The van der Waals surface area contributed by atoms with Crippen LogP contribution in [-0.2, 0) is 0 Å². The summed E-state index contributed by atoms with van der Waals surface area (Å²) in [6, 6.07) is 72.7. The number of hydrogen-bond acceptors (Lipinski definition) is 1. The molecule has 2 nitrogen and oxygen atoms in total. The Hall–Kier alpha value is -7.16. The first kappa shape index (κ1) is 33.4. The fourth-order valence-electron chi connectivity index (χ4n) is 8.24. The van der Waals surface area contributed by atoms with E-state index >= 15 is 0 Å². The number of para-hydroxylation sites is 2. The Morgan fingerprint density at radius 3 is 1.48 bits per heavy atom. The molecule has 0 aliphatic heterocycles. The van der Waals surface area contributed by atoms with E-state index in [4.69, 9.17) is 0 Å². The van der Waals surface area contributed by atoms with Crippen molar-refractivity contribution in [1.82, 2.24) is 4.57 Å². The number of fused-ring (bicyclic) bond motifs is 3. The minimum Gasteiger partial charge on any atom is -0.311 e. The van der Waals surface area contributed by atoms with E-state index in [2.05, 4.69) is 234 Å². The van der Waals surface area contributed by atoms with Crippen LogP contribution in [0.3, 0.4) is 0 Å². The minimum absolute atomic E-state index is 0.419. The Morgan fingerprint density at radius 2 is 0.875 bits per heavy atom. The smallest absolute Gasteiger partial charge is 0.0541 e. The Morgan fingerprint density at radius 1 is 0.393 bits per heavy atom. The fourth-order valence-corrected chi connectivity index (χ4v) is 8.24.